The number of ether oxygens (including phenoxy) is 2. The first-order valence-electron chi connectivity index (χ1n) is 28.7. The Labute approximate surface area is 609 Å². The maximum absolute atomic E-state index is 12.8. The molecular weight excluding hydrogens is 1200 g/mol. The number of halogens is 1. The molecule has 6 unspecified atom stereocenters. The van der Waals surface area contributed by atoms with Crippen molar-refractivity contribution in [2.75, 3.05) is 0 Å². The van der Waals surface area contributed by atoms with E-state index >= 15 is 0 Å². The summed E-state index contributed by atoms with van der Waals surface area (Å²) in [6.45, 7) is 25.1. The fourth-order valence-electron chi connectivity index (χ4n) is 14.2. The predicted octanol–water partition coefficient (Wildman–Crippen LogP) is -7.14. The Bertz CT molecular complexity index is 3070. The summed E-state index contributed by atoms with van der Waals surface area (Å²) in [6, 6.07) is 9.34. The van der Waals surface area contributed by atoms with Gasteiger partial charge in [-0.1, -0.05) is 64.3 Å². The van der Waals surface area contributed by atoms with Gasteiger partial charge < -0.3 is 77.0 Å². The minimum Gasteiger partial charge on any atom is -0.669 e. The van der Waals surface area contributed by atoms with Crippen LogP contribution in [0.15, 0.2) is 36.4 Å². The molecule has 458 valence electrons. The normalized spacial score (nSPS) is 25.6. The van der Waals surface area contributed by atoms with Crippen molar-refractivity contribution in [2.24, 2.45) is 34.5 Å². The number of carboxylic acids is 3. The van der Waals surface area contributed by atoms with E-state index in [-0.39, 0.29) is 185 Å². The fraction of sp³-hybridized carbons (Fsp3) is 0.600. The molecule has 0 aromatic heterocycles. The second-order valence-electron chi connectivity index (χ2n) is 27.0. The Morgan fingerprint density at radius 2 is 1.08 bits per heavy atom. The third kappa shape index (κ3) is 17.4. The van der Waals surface area contributed by atoms with E-state index in [1.807, 2.05) is 33.8 Å². The molecule has 3 heterocycles. The van der Waals surface area contributed by atoms with Crippen LogP contribution in [0.3, 0.4) is 0 Å². The molecule has 6 aliphatic carbocycles. The number of fused-ring (bicyclic) bond motifs is 1. The standard InChI is InChI=1S/C25H35BO6.C25H35BO5.C10H10BO7.ClO2.4Na/c1-14-15(8-9-17(21(27)28)20(14)22(29)30-23(2,3)4)10-11-26-31-19-13-16-12-18(24(16,5)6)25(19,7)32-26;1-15-16(8-9-17(14-27)21(15)22(28)29-23(2,3)4)10-11-26-30-20-13-18-12-19(24(18,5)6)25(20,7)31-26;12-9(13)6-2-1-5-3-4-11(16,17)18-8(5)7(6)10(14)15;2-1-3;;;;/h8-9,16,18-19H,10-13H2,1-7H3,(H,27,28);8-9,14,18-20H,10-13H2,1-7H3;1-2,16-17H,3-4H2,(H,12,13)(H,14,15);;;;;/q;;2*-1;4*+1/p-2/t16?,18?,19?,25-;18?,19?,20?,25-;;;;;;/m00....../s1. The molecule has 28 heteroatoms. The number of carboxylic acid groups (broad SMARTS) is 3. The number of rotatable bonds is 12. The van der Waals surface area contributed by atoms with Gasteiger partial charge in [-0.3, -0.25) is 4.79 Å². The molecular formula is C60H78B3ClNa4O20. The van der Waals surface area contributed by atoms with E-state index in [0.29, 0.717) is 70.0 Å². The number of benzene rings is 3. The molecule has 0 amide bonds. The third-order valence-electron chi connectivity index (χ3n) is 18.8. The number of carbonyl (C=O) groups excluding carboxylic acids is 5. The van der Waals surface area contributed by atoms with E-state index in [0.717, 1.165) is 54.1 Å². The Hall–Kier alpha value is -1.36. The summed E-state index contributed by atoms with van der Waals surface area (Å²) in [7, 11) is -0.524. The molecule has 6 saturated carbocycles. The molecule has 9 aliphatic rings. The Kier molecular flexibility index (Phi) is 28.5. The topological polar surface area (TPSA) is 320 Å². The molecule has 4 bridgehead atoms. The van der Waals surface area contributed by atoms with Crippen LogP contribution < -0.4 is 142 Å². The molecule has 12 rings (SSSR count). The quantitative estimate of drug-likeness (QED) is 0.0862. The van der Waals surface area contributed by atoms with Crippen molar-refractivity contribution in [3.8, 4) is 5.75 Å². The molecule has 3 aromatic carbocycles. The molecule has 3 aromatic rings. The summed E-state index contributed by atoms with van der Waals surface area (Å²) in [5.74, 6) is -3.58. The van der Waals surface area contributed by atoms with Crippen molar-refractivity contribution < 1.29 is 226 Å². The van der Waals surface area contributed by atoms with E-state index in [4.69, 9.17) is 42.1 Å². The van der Waals surface area contributed by atoms with Crippen molar-refractivity contribution in [3.05, 3.63) is 97.6 Å². The first-order chi connectivity index (χ1) is 38.8. The zero-order valence-electron chi connectivity index (χ0n) is 54.5. The summed E-state index contributed by atoms with van der Waals surface area (Å²) < 4.78 is 58.0. The van der Waals surface area contributed by atoms with Gasteiger partial charge in [-0.2, -0.15) is 0 Å². The van der Waals surface area contributed by atoms with Gasteiger partial charge in [-0.15, -0.1) is 0 Å². The first kappa shape index (κ1) is 80.9. The average molecular weight is 1280 g/mol. The summed E-state index contributed by atoms with van der Waals surface area (Å²) in [5, 5.41) is 50.1. The van der Waals surface area contributed by atoms with Crippen LogP contribution in [0.5, 0.6) is 5.75 Å². The maximum Gasteiger partial charge on any atom is 1.00 e. The van der Waals surface area contributed by atoms with Crippen LogP contribution in [0.1, 0.15) is 199 Å². The van der Waals surface area contributed by atoms with Crippen LogP contribution in [-0.4, -0.2) is 107 Å². The van der Waals surface area contributed by atoms with E-state index in [2.05, 4.69) is 41.5 Å². The van der Waals surface area contributed by atoms with E-state index in [9.17, 15) is 54.1 Å². The maximum atomic E-state index is 12.8. The number of aldehydes is 1. The fourth-order valence-corrected chi connectivity index (χ4v) is 14.2. The van der Waals surface area contributed by atoms with Crippen LogP contribution >= 0.6 is 0 Å². The molecule has 2 saturated heterocycles. The second kappa shape index (κ2) is 31.0. The largest absolute Gasteiger partial charge is 1.00 e. The van der Waals surface area contributed by atoms with Gasteiger partial charge >= 0.3 is 157 Å². The van der Waals surface area contributed by atoms with Gasteiger partial charge in [0, 0.05) is 16.7 Å². The van der Waals surface area contributed by atoms with Gasteiger partial charge in [0.25, 0.3) is 0 Å². The second-order valence-corrected chi connectivity index (χ2v) is 27.1. The van der Waals surface area contributed by atoms with E-state index in [1.165, 1.54) is 25.0 Å². The minimum absolute atomic E-state index is 0. The van der Waals surface area contributed by atoms with Crippen molar-refractivity contribution in [1.29, 1.82) is 0 Å². The summed E-state index contributed by atoms with van der Waals surface area (Å²) in [4.78, 5) is 70.6. The summed E-state index contributed by atoms with van der Waals surface area (Å²) in [6.07, 6.45) is 8.40. The molecule has 0 spiro atoms. The average Bonchev–Trinajstić information content (AvgIpc) is 1.35. The Morgan fingerprint density at radius 1 is 0.659 bits per heavy atom. The number of aryl methyl sites for hydroxylation is 3. The van der Waals surface area contributed by atoms with Gasteiger partial charge in [0.05, 0.1) is 69.1 Å². The van der Waals surface area contributed by atoms with Gasteiger partial charge in [0.15, 0.2) is 6.29 Å². The van der Waals surface area contributed by atoms with Crippen LogP contribution in [0.4, 0.5) is 0 Å². The molecule has 8 fully saturated rings. The molecule has 3 N–H and O–H groups in total. The van der Waals surface area contributed by atoms with Crippen molar-refractivity contribution >= 4 is 57.1 Å². The van der Waals surface area contributed by atoms with Crippen molar-refractivity contribution in [2.45, 2.75) is 195 Å². The first-order valence-corrected chi connectivity index (χ1v) is 29.3. The van der Waals surface area contributed by atoms with Crippen molar-refractivity contribution in [1.82, 2.24) is 0 Å². The van der Waals surface area contributed by atoms with Gasteiger partial charge in [0.2, 0.25) is 0 Å². The number of hydrogen-bond donors (Lipinski definition) is 3. The zero-order chi connectivity index (χ0) is 62.6. The van der Waals surface area contributed by atoms with Crippen LogP contribution in [-0.2, 0) is 47.4 Å². The number of carbonyl (C=O) groups is 6. The molecule has 20 nitrogen and oxygen atoms in total. The molecule has 3 aliphatic heterocycles. The minimum atomic E-state index is -3.18. The molecule has 88 heavy (non-hydrogen) atoms. The van der Waals surface area contributed by atoms with Crippen LogP contribution in [0, 0.1) is 59.7 Å². The van der Waals surface area contributed by atoms with E-state index < -0.39 is 70.3 Å². The number of aromatic carboxylic acids is 3. The van der Waals surface area contributed by atoms with Gasteiger partial charge in [-0.05, 0) is 195 Å². The predicted molar refractivity (Wildman–Crippen MR) is 297 cm³/mol. The van der Waals surface area contributed by atoms with Crippen LogP contribution in [0.2, 0.25) is 19.0 Å². The summed E-state index contributed by atoms with van der Waals surface area (Å²) in [5.41, 5.74) is 2.05. The van der Waals surface area contributed by atoms with E-state index in [1.54, 1.807) is 39.8 Å². The Morgan fingerprint density at radius 3 is 1.48 bits per heavy atom. The number of esters is 2. The molecule has 0 radical (unpaired) electrons. The SMILES string of the molecule is Cc1c(CCB2OC3CC4CC(C4(C)C)[C@]3(C)O2)ccc(C(=O)O)c1C(=O)OC(C)(C)C.Cc1c(CCB2OC3CC4CC(C4(C)C)[C@]3(C)O2)ccc(C=O)c1C(=O)OC(C)(C)C.O=C([O-])c1ccc2c(c1C(=O)[O-])O[B-](O)(O)CC2.[Na+].[Na+].[Na+].[Na+].[O-][Cl+][O-]. The summed E-state index contributed by atoms with van der Waals surface area (Å²) >= 11 is -0.417. The van der Waals surface area contributed by atoms with Crippen LogP contribution in [0.25, 0.3) is 0 Å². The zero-order valence-corrected chi connectivity index (χ0v) is 63.2. The third-order valence-corrected chi connectivity index (χ3v) is 18.8. The molecule has 8 atom stereocenters. The van der Waals surface area contributed by atoms with Gasteiger partial charge in [-0.25, -0.2) is 14.4 Å². The Balaban J connectivity index is 0.000000341. The number of hydrogen-bond acceptors (Lipinski definition) is 19. The monoisotopic (exact) mass is 1280 g/mol. The van der Waals surface area contributed by atoms with Gasteiger partial charge in [0.1, 0.15) is 11.2 Å². The van der Waals surface area contributed by atoms with Crippen molar-refractivity contribution in [3.63, 3.8) is 0 Å². The smallest absolute Gasteiger partial charge is 0.669 e.